The molecule has 4 heteroatoms. The normalized spacial score (nSPS) is 37.0. The molecule has 4 atom stereocenters. The van der Waals surface area contributed by atoms with Gasteiger partial charge >= 0.3 is 0 Å². The number of ketones is 1. The van der Waals surface area contributed by atoms with Gasteiger partial charge in [-0.25, -0.2) is 0 Å². The van der Waals surface area contributed by atoms with Gasteiger partial charge in [0.05, 0.1) is 18.1 Å². The Bertz CT molecular complexity index is 810. The molecule has 0 aromatic heterocycles. The van der Waals surface area contributed by atoms with Crippen LogP contribution in [0.15, 0.2) is 23.8 Å². The second kappa shape index (κ2) is 4.88. The van der Waals surface area contributed by atoms with Crippen molar-refractivity contribution in [2.75, 3.05) is 7.11 Å². The third-order valence-corrected chi connectivity index (χ3v) is 7.06. The fourth-order valence-electron chi connectivity index (χ4n) is 6.16. The first-order chi connectivity index (χ1) is 12.0. The molecule has 0 amide bonds. The lowest BCUT2D eigenvalue weighted by Gasteiger charge is -2.59. The average Bonchev–Trinajstić information content (AvgIpc) is 2.91. The molecule has 0 saturated heterocycles. The summed E-state index contributed by atoms with van der Waals surface area (Å²) in [5, 5.41) is 11.9. The zero-order chi connectivity index (χ0) is 17.4. The highest BCUT2D eigenvalue weighted by molar-refractivity contribution is 5.79. The predicted molar refractivity (Wildman–Crippen MR) is 93.1 cm³/mol. The van der Waals surface area contributed by atoms with Crippen molar-refractivity contribution < 1.29 is 19.4 Å². The molecular weight excluding hydrogens is 316 g/mol. The molecular formula is C21H24O4. The van der Waals surface area contributed by atoms with Crippen LogP contribution in [0, 0.1) is 5.92 Å². The number of aliphatic hydroxyl groups is 1. The smallest absolute Gasteiger partial charge is 0.166 e. The highest BCUT2D eigenvalue weighted by Crippen LogP contribution is 2.67. The molecule has 1 heterocycles. The molecule has 0 radical (unpaired) electrons. The van der Waals surface area contributed by atoms with Crippen molar-refractivity contribution in [2.45, 2.75) is 62.6 Å². The second-order valence-electron chi connectivity index (χ2n) is 8.18. The van der Waals surface area contributed by atoms with E-state index in [2.05, 4.69) is 12.1 Å². The third kappa shape index (κ3) is 1.69. The van der Waals surface area contributed by atoms with Gasteiger partial charge in [0, 0.05) is 12.0 Å². The minimum absolute atomic E-state index is 0.142. The van der Waals surface area contributed by atoms with Gasteiger partial charge in [0.1, 0.15) is 11.9 Å². The standard InChI is InChI=1S/C21H24O4/c1-12(22)10-14-7-9-21(23)15-4-3-8-20(21)17-13(11-15)5-6-16(24-2)18(17)25-19(14)20/h5-7,15,19,23H,3-4,8-11H2,1-2H3/t15-,19+,20?,21-/m1/s1. The first-order valence-corrected chi connectivity index (χ1v) is 9.29. The summed E-state index contributed by atoms with van der Waals surface area (Å²) >= 11 is 0. The number of methoxy groups -OCH3 is 1. The number of carbonyl (C=O) groups is 1. The van der Waals surface area contributed by atoms with E-state index in [0.717, 1.165) is 48.3 Å². The van der Waals surface area contributed by atoms with Crippen molar-refractivity contribution >= 4 is 5.78 Å². The Balaban J connectivity index is 1.79. The van der Waals surface area contributed by atoms with Crippen LogP contribution >= 0.6 is 0 Å². The van der Waals surface area contributed by atoms with Crippen LogP contribution in [-0.4, -0.2) is 29.7 Å². The van der Waals surface area contributed by atoms with Crippen molar-refractivity contribution in [3.05, 3.63) is 34.9 Å². The Hall–Kier alpha value is -1.81. The summed E-state index contributed by atoms with van der Waals surface area (Å²) in [5.41, 5.74) is 2.28. The Morgan fingerprint density at radius 2 is 2.28 bits per heavy atom. The molecule has 2 bridgehead atoms. The van der Waals surface area contributed by atoms with Crippen LogP contribution in [0.25, 0.3) is 0 Å². The first-order valence-electron chi connectivity index (χ1n) is 9.29. The molecule has 4 aliphatic rings. The van der Waals surface area contributed by atoms with E-state index in [1.165, 1.54) is 5.56 Å². The highest BCUT2D eigenvalue weighted by atomic mass is 16.5. The van der Waals surface area contributed by atoms with Crippen LogP contribution in [0.1, 0.15) is 50.2 Å². The van der Waals surface area contributed by atoms with Crippen molar-refractivity contribution in [2.24, 2.45) is 5.92 Å². The maximum absolute atomic E-state index is 11.9. The number of carbonyl (C=O) groups excluding carboxylic acids is 1. The lowest BCUT2D eigenvalue weighted by atomic mass is 9.46. The molecule has 1 fully saturated rings. The van der Waals surface area contributed by atoms with Gasteiger partial charge in [-0.05, 0) is 55.7 Å². The largest absolute Gasteiger partial charge is 0.493 e. The lowest BCUT2D eigenvalue weighted by Crippen LogP contribution is -2.67. The van der Waals surface area contributed by atoms with E-state index in [1.54, 1.807) is 14.0 Å². The minimum Gasteiger partial charge on any atom is -0.493 e. The van der Waals surface area contributed by atoms with Gasteiger partial charge in [0.2, 0.25) is 0 Å². The molecule has 1 aromatic carbocycles. The topological polar surface area (TPSA) is 55.8 Å². The van der Waals surface area contributed by atoms with Gasteiger partial charge in [-0.15, -0.1) is 0 Å². The number of rotatable bonds is 3. The van der Waals surface area contributed by atoms with E-state index >= 15 is 0 Å². The number of hydrogen-bond acceptors (Lipinski definition) is 4. The van der Waals surface area contributed by atoms with E-state index < -0.39 is 11.0 Å². The summed E-state index contributed by atoms with van der Waals surface area (Å²) in [6, 6.07) is 4.13. The van der Waals surface area contributed by atoms with Crippen LogP contribution in [0.3, 0.4) is 0 Å². The van der Waals surface area contributed by atoms with Crippen molar-refractivity contribution in [3.63, 3.8) is 0 Å². The van der Waals surface area contributed by atoms with Crippen LogP contribution in [0.2, 0.25) is 0 Å². The molecule has 1 N–H and O–H groups in total. The summed E-state index contributed by atoms with van der Waals surface area (Å²) in [4.78, 5) is 11.8. The monoisotopic (exact) mass is 340 g/mol. The summed E-state index contributed by atoms with van der Waals surface area (Å²) < 4.78 is 12.0. The molecule has 1 aromatic rings. The molecule has 5 rings (SSSR count). The van der Waals surface area contributed by atoms with Gasteiger partial charge in [-0.2, -0.15) is 0 Å². The average molecular weight is 340 g/mol. The number of Topliss-reactive ketones (excluding diaryl/α,β-unsaturated/α-hetero) is 1. The van der Waals surface area contributed by atoms with Gasteiger partial charge in [-0.1, -0.05) is 18.6 Å². The zero-order valence-corrected chi connectivity index (χ0v) is 14.8. The minimum atomic E-state index is -0.777. The molecule has 1 saturated carbocycles. The maximum atomic E-state index is 11.9. The Morgan fingerprint density at radius 1 is 1.44 bits per heavy atom. The first kappa shape index (κ1) is 15.4. The van der Waals surface area contributed by atoms with Crippen molar-refractivity contribution in [1.82, 2.24) is 0 Å². The molecule has 1 spiro atoms. The van der Waals surface area contributed by atoms with Crippen LogP contribution in [-0.2, 0) is 16.6 Å². The Kier molecular flexibility index (Phi) is 3.01. The number of ether oxygens (including phenoxy) is 2. The van der Waals surface area contributed by atoms with Gasteiger partial charge < -0.3 is 14.6 Å². The van der Waals surface area contributed by atoms with Gasteiger partial charge in [0.25, 0.3) is 0 Å². The van der Waals surface area contributed by atoms with E-state index in [9.17, 15) is 9.90 Å². The van der Waals surface area contributed by atoms with E-state index in [4.69, 9.17) is 9.47 Å². The van der Waals surface area contributed by atoms with Crippen LogP contribution in [0.4, 0.5) is 0 Å². The summed E-state index contributed by atoms with van der Waals surface area (Å²) in [5.74, 6) is 1.92. The third-order valence-electron chi connectivity index (χ3n) is 7.06. The maximum Gasteiger partial charge on any atom is 0.166 e. The summed E-state index contributed by atoms with van der Waals surface area (Å²) in [7, 11) is 1.66. The molecule has 132 valence electrons. The predicted octanol–water partition coefficient (Wildman–Crippen LogP) is 3.09. The fraction of sp³-hybridized carbons (Fsp3) is 0.571. The lowest BCUT2D eigenvalue weighted by molar-refractivity contribution is -0.144. The molecule has 25 heavy (non-hydrogen) atoms. The molecule has 1 unspecified atom stereocenters. The van der Waals surface area contributed by atoms with Crippen molar-refractivity contribution in [1.29, 1.82) is 0 Å². The fourth-order valence-corrected chi connectivity index (χ4v) is 6.16. The van der Waals surface area contributed by atoms with E-state index in [-0.39, 0.29) is 17.8 Å². The Labute approximate surface area is 147 Å². The quantitative estimate of drug-likeness (QED) is 0.859. The summed E-state index contributed by atoms with van der Waals surface area (Å²) in [6.07, 6.45) is 6.81. The zero-order valence-electron chi connectivity index (χ0n) is 14.8. The number of benzene rings is 1. The highest BCUT2D eigenvalue weighted by Gasteiger charge is 2.70. The van der Waals surface area contributed by atoms with Crippen LogP contribution < -0.4 is 9.47 Å². The Morgan fingerprint density at radius 3 is 3.04 bits per heavy atom. The SMILES string of the molecule is COc1ccc2c3c1O[C@H]1C(CC(C)=O)=CC[C@@]4(O)[C@H](CCCC314)C2. The molecule has 3 aliphatic carbocycles. The molecule has 1 aliphatic heterocycles. The van der Waals surface area contributed by atoms with Crippen molar-refractivity contribution in [3.8, 4) is 11.5 Å². The van der Waals surface area contributed by atoms with E-state index in [0.29, 0.717) is 12.8 Å². The van der Waals surface area contributed by atoms with Crippen LogP contribution in [0.5, 0.6) is 11.5 Å². The van der Waals surface area contributed by atoms with Gasteiger partial charge in [0.15, 0.2) is 11.5 Å². The second-order valence-corrected chi connectivity index (χ2v) is 8.18. The number of hydrogen-bond donors (Lipinski definition) is 1. The summed E-state index contributed by atoms with van der Waals surface area (Å²) in [6.45, 7) is 1.62. The van der Waals surface area contributed by atoms with E-state index in [1.807, 2.05) is 6.07 Å². The molecule has 4 nitrogen and oxygen atoms in total. The van der Waals surface area contributed by atoms with Gasteiger partial charge in [-0.3, -0.25) is 4.79 Å².